The Morgan fingerprint density at radius 3 is 3.09 bits per heavy atom. The number of nitrogens with zero attached hydrogens (tertiary/aromatic N) is 1. The smallest absolute Gasteiger partial charge is 0.0216 e. The van der Waals surface area contributed by atoms with Crippen LogP contribution < -0.4 is 5.32 Å². The van der Waals surface area contributed by atoms with Crippen molar-refractivity contribution in [2.75, 3.05) is 13.1 Å². The van der Waals surface area contributed by atoms with Crippen molar-refractivity contribution in [3.05, 3.63) is 24.0 Å². The largest absolute Gasteiger partial charge is 0.354 e. The van der Waals surface area contributed by atoms with Crippen molar-refractivity contribution < 1.29 is 0 Å². The molecule has 0 amide bonds. The van der Waals surface area contributed by atoms with E-state index in [0.29, 0.717) is 0 Å². The molecule has 11 heavy (non-hydrogen) atoms. The van der Waals surface area contributed by atoms with E-state index < -0.39 is 0 Å². The highest BCUT2D eigenvalue weighted by Gasteiger charge is 2.17. The Bertz CT molecular complexity index is 233. The summed E-state index contributed by atoms with van der Waals surface area (Å²) in [4.78, 5) is 0. The highest BCUT2D eigenvalue weighted by Crippen LogP contribution is 2.21. The molecular weight excluding hydrogens is 136 g/mol. The van der Waals surface area contributed by atoms with Gasteiger partial charge in [-0.2, -0.15) is 0 Å². The van der Waals surface area contributed by atoms with Crippen molar-refractivity contribution in [3.63, 3.8) is 0 Å². The molecule has 1 aromatic rings. The Morgan fingerprint density at radius 2 is 2.55 bits per heavy atom. The maximum atomic E-state index is 3.37. The first kappa shape index (κ1) is 6.92. The summed E-state index contributed by atoms with van der Waals surface area (Å²) in [6.07, 6.45) is 3.41. The van der Waals surface area contributed by atoms with Crippen molar-refractivity contribution >= 4 is 0 Å². The summed E-state index contributed by atoms with van der Waals surface area (Å²) in [5.41, 5.74) is 1.47. The summed E-state index contributed by atoms with van der Waals surface area (Å²) in [5.74, 6) is 0.745. The minimum absolute atomic E-state index is 0.745. The highest BCUT2D eigenvalue weighted by molar-refractivity contribution is 5.14. The Balaban J connectivity index is 2.21. The van der Waals surface area contributed by atoms with E-state index in [0.717, 1.165) is 12.5 Å². The second-order valence-electron chi connectivity index (χ2n) is 3.23. The molecule has 0 aliphatic carbocycles. The molecule has 0 aromatic carbocycles. The van der Waals surface area contributed by atoms with Crippen molar-refractivity contribution in [2.24, 2.45) is 7.05 Å². The van der Waals surface area contributed by atoms with E-state index in [1.54, 1.807) is 0 Å². The molecule has 1 N–H and O–H groups in total. The minimum atomic E-state index is 0.745. The molecular formula is C9H14N2. The van der Waals surface area contributed by atoms with Crippen molar-refractivity contribution in [2.45, 2.75) is 12.3 Å². The van der Waals surface area contributed by atoms with Gasteiger partial charge in [0.05, 0.1) is 0 Å². The molecule has 1 aromatic heterocycles. The molecule has 0 radical (unpaired) electrons. The molecule has 1 saturated heterocycles. The third kappa shape index (κ3) is 1.18. The Morgan fingerprint density at radius 1 is 1.64 bits per heavy atom. The second kappa shape index (κ2) is 2.70. The molecule has 0 spiro atoms. The predicted octanol–water partition coefficient (Wildman–Crippen LogP) is 1.10. The highest BCUT2D eigenvalue weighted by atomic mass is 15.0. The van der Waals surface area contributed by atoms with Crippen LogP contribution in [0.4, 0.5) is 0 Å². The van der Waals surface area contributed by atoms with Crippen LogP contribution in [0.1, 0.15) is 18.0 Å². The summed E-state index contributed by atoms with van der Waals surface area (Å²) >= 11 is 0. The fourth-order valence-electron chi connectivity index (χ4n) is 1.81. The molecule has 2 rings (SSSR count). The quantitative estimate of drug-likeness (QED) is 0.634. The van der Waals surface area contributed by atoms with E-state index in [-0.39, 0.29) is 0 Å². The molecule has 2 nitrogen and oxygen atoms in total. The van der Waals surface area contributed by atoms with Gasteiger partial charge in [0, 0.05) is 31.4 Å². The lowest BCUT2D eigenvalue weighted by Gasteiger charge is -2.08. The van der Waals surface area contributed by atoms with Gasteiger partial charge in [-0.25, -0.2) is 0 Å². The molecule has 1 aliphatic rings. The molecule has 2 heterocycles. The fourth-order valence-corrected chi connectivity index (χ4v) is 1.81. The van der Waals surface area contributed by atoms with Crippen LogP contribution in [0.2, 0.25) is 0 Å². The van der Waals surface area contributed by atoms with Crippen LogP contribution in [0.15, 0.2) is 18.3 Å². The standard InChI is InChI=1S/C9H14N2/c1-11-6-2-3-9(11)8-4-5-10-7-8/h2-3,6,8,10H,4-5,7H2,1H3. The van der Waals surface area contributed by atoms with Crippen LogP contribution in [0.5, 0.6) is 0 Å². The molecule has 1 atom stereocenters. The van der Waals surface area contributed by atoms with E-state index in [4.69, 9.17) is 0 Å². The molecule has 1 aliphatic heterocycles. The van der Waals surface area contributed by atoms with Gasteiger partial charge >= 0.3 is 0 Å². The van der Waals surface area contributed by atoms with Crippen LogP contribution in [0.25, 0.3) is 0 Å². The third-order valence-corrected chi connectivity index (χ3v) is 2.46. The number of hydrogen-bond donors (Lipinski definition) is 1. The SMILES string of the molecule is Cn1cccc1C1CCNC1. The number of hydrogen-bond acceptors (Lipinski definition) is 1. The summed E-state index contributed by atoms with van der Waals surface area (Å²) in [5, 5.41) is 3.37. The maximum Gasteiger partial charge on any atom is 0.0216 e. The molecule has 2 heteroatoms. The van der Waals surface area contributed by atoms with Gasteiger partial charge in [0.25, 0.3) is 0 Å². The van der Waals surface area contributed by atoms with Crippen LogP contribution in [-0.4, -0.2) is 17.7 Å². The van der Waals surface area contributed by atoms with Gasteiger partial charge in [-0.15, -0.1) is 0 Å². The summed E-state index contributed by atoms with van der Waals surface area (Å²) in [6, 6.07) is 4.34. The Hall–Kier alpha value is -0.760. The van der Waals surface area contributed by atoms with Crippen LogP contribution in [0.3, 0.4) is 0 Å². The fraction of sp³-hybridized carbons (Fsp3) is 0.556. The third-order valence-electron chi connectivity index (χ3n) is 2.46. The average molecular weight is 150 g/mol. The zero-order valence-electron chi connectivity index (χ0n) is 6.88. The van der Waals surface area contributed by atoms with Crippen molar-refractivity contribution in [1.82, 2.24) is 9.88 Å². The van der Waals surface area contributed by atoms with Crippen LogP contribution in [-0.2, 0) is 7.05 Å². The van der Waals surface area contributed by atoms with Gasteiger partial charge in [-0.05, 0) is 25.1 Å². The molecule has 60 valence electrons. The van der Waals surface area contributed by atoms with E-state index in [1.807, 2.05) is 0 Å². The van der Waals surface area contributed by atoms with Gasteiger partial charge in [0.2, 0.25) is 0 Å². The van der Waals surface area contributed by atoms with Gasteiger partial charge in [0.1, 0.15) is 0 Å². The van der Waals surface area contributed by atoms with E-state index in [2.05, 4.69) is 35.3 Å². The topological polar surface area (TPSA) is 17.0 Å². The lowest BCUT2D eigenvalue weighted by Crippen LogP contribution is -2.09. The molecule has 0 bridgehead atoms. The summed E-state index contributed by atoms with van der Waals surface area (Å²) < 4.78 is 2.22. The summed E-state index contributed by atoms with van der Waals surface area (Å²) in [6.45, 7) is 2.33. The first-order chi connectivity index (χ1) is 5.38. The lowest BCUT2D eigenvalue weighted by atomic mass is 10.1. The number of aryl methyl sites for hydroxylation is 1. The maximum absolute atomic E-state index is 3.37. The molecule has 1 fully saturated rings. The normalized spacial score (nSPS) is 24.3. The van der Waals surface area contributed by atoms with Gasteiger partial charge in [-0.3, -0.25) is 0 Å². The van der Waals surface area contributed by atoms with Crippen LogP contribution in [0, 0.1) is 0 Å². The first-order valence-electron chi connectivity index (χ1n) is 4.20. The van der Waals surface area contributed by atoms with Crippen molar-refractivity contribution in [3.8, 4) is 0 Å². The second-order valence-corrected chi connectivity index (χ2v) is 3.23. The summed E-state index contributed by atoms with van der Waals surface area (Å²) in [7, 11) is 2.12. The van der Waals surface area contributed by atoms with Gasteiger partial charge in [0.15, 0.2) is 0 Å². The first-order valence-corrected chi connectivity index (χ1v) is 4.20. The van der Waals surface area contributed by atoms with E-state index in [9.17, 15) is 0 Å². The lowest BCUT2D eigenvalue weighted by molar-refractivity contribution is 0.685. The van der Waals surface area contributed by atoms with Crippen LogP contribution >= 0.6 is 0 Å². The zero-order chi connectivity index (χ0) is 7.68. The minimum Gasteiger partial charge on any atom is -0.354 e. The van der Waals surface area contributed by atoms with Gasteiger partial charge in [-0.1, -0.05) is 0 Å². The zero-order valence-corrected chi connectivity index (χ0v) is 6.88. The average Bonchev–Trinajstić information content (AvgIpc) is 2.55. The monoisotopic (exact) mass is 150 g/mol. The Kier molecular flexibility index (Phi) is 1.70. The molecule has 0 saturated carbocycles. The van der Waals surface area contributed by atoms with E-state index in [1.165, 1.54) is 18.7 Å². The van der Waals surface area contributed by atoms with Crippen molar-refractivity contribution in [1.29, 1.82) is 0 Å². The number of aromatic nitrogens is 1. The Labute approximate surface area is 67.2 Å². The number of nitrogens with one attached hydrogen (secondary N) is 1. The predicted molar refractivity (Wildman–Crippen MR) is 45.6 cm³/mol. The van der Waals surface area contributed by atoms with Gasteiger partial charge < -0.3 is 9.88 Å². The number of rotatable bonds is 1. The van der Waals surface area contributed by atoms with E-state index >= 15 is 0 Å². The molecule has 1 unspecified atom stereocenters.